The molecule has 0 radical (unpaired) electrons. The molecule has 1 rings (SSSR count). The molecule has 0 aliphatic heterocycles. The highest BCUT2D eigenvalue weighted by Gasteiger charge is 2.10. The summed E-state index contributed by atoms with van der Waals surface area (Å²) in [4.78, 5) is 16.0. The minimum absolute atomic E-state index is 0.131. The van der Waals surface area contributed by atoms with Crippen LogP contribution in [0.5, 0.6) is 5.75 Å². The van der Waals surface area contributed by atoms with Crippen molar-refractivity contribution in [3.8, 4) is 5.75 Å². The second-order valence-corrected chi connectivity index (χ2v) is 4.61. The number of halogens is 1. The fourth-order valence-electron chi connectivity index (χ4n) is 1.62. The molecule has 0 aliphatic rings. The molecule has 5 nitrogen and oxygen atoms in total. The quantitative estimate of drug-likeness (QED) is 0.623. The van der Waals surface area contributed by atoms with E-state index in [0.29, 0.717) is 16.8 Å². The number of rotatable bonds is 6. The number of aliphatic imine (C=N–C) groups is 1. The third kappa shape index (κ3) is 4.73. The molecule has 0 aliphatic carbocycles. The number of benzene rings is 1. The van der Waals surface area contributed by atoms with Crippen LogP contribution in [0.2, 0.25) is 0 Å². The van der Waals surface area contributed by atoms with E-state index >= 15 is 0 Å². The zero-order chi connectivity index (χ0) is 16.7. The number of nitrogens with zero attached hydrogens (tertiary/aromatic N) is 1. The highest BCUT2D eigenvalue weighted by Crippen LogP contribution is 2.17. The summed E-state index contributed by atoms with van der Waals surface area (Å²) in [7, 11) is 2.90. The number of allylic oxidation sites excluding steroid dienone is 1. The smallest absolute Gasteiger partial charge is 0.269 e. The van der Waals surface area contributed by atoms with Crippen LogP contribution in [-0.4, -0.2) is 25.8 Å². The van der Waals surface area contributed by atoms with Gasteiger partial charge in [0.1, 0.15) is 5.71 Å². The zero-order valence-corrected chi connectivity index (χ0v) is 12.9. The van der Waals surface area contributed by atoms with Gasteiger partial charge in [-0.25, -0.2) is 4.39 Å². The highest BCUT2D eigenvalue weighted by atomic mass is 19.1. The molecule has 1 amide bonds. The molecule has 0 saturated carbocycles. The number of ether oxygens (including phenoxy) is 1. The van der Waals surface area contributed by atoms with Gasteiger partial charge < -0.3 is 15.8 Å². The SMILES string of the molecule is C=C(N)/C(C)=C/C(=NC)C(=O)NCc1ccc(F)c(OC)c1. The first-order valence-corrected chi connectivity index (χ1v) is 6.59. The molecule has 0 atom stereocenters. The van der Waals surface area contributed by atoms with Gasteiger partial charge in [-0.2, -0.15) is 0 Å². The van der Waals surface area contributed by atoms with Gasteiger partial charge in [0.15, 0.2) is 11.6 Å². The van der Waals surface area contributed by atoms with Crippen LogP contribution in [0.3, 0.4) is 0 Å². The minimum atomic E-state index is -0.451. The molecular weight excluding hydrogens is 285 g/mol. The average molecular weight is 305 g/mol. The number of hydrogen-bond donors (Lipinski definition) is 2. The normalized spacial score (nSPS) is 12.0. The van der Waals surface area contributed by atoms with E-state index in [1.54, 1.807) is 19.1 Å². The first-order valence-electron chi connectivity index (χ1n) is 6.59. The molecule has 1 aromatic carbocycles. The Morgan fingerprint density at radius 2 is 2.23 bits per heavy atom. The van der Waals surface area contributed by atoms with Crippen molar-refractivity contribution in [2.24, 2.45) is 10.7 Å². The summed E-state index contributed by atoms with van der Waals surface area (Å²) in [5.41, 5.74) is 7.54. The minimum Gasteiger partial charge on any atom is -0.494 e. The van der Waals surface area contributed by atoms with Crippen LogP contribution in [0.25, 0.3) is 0 Å². The number of amides is 1. The van der Waals surface area contributed by atoms with Gasteiger partial charge in [0.25, 0.3) is 5.91 Å². The van der Waals surface area contributed by atoms with Gasteiger partial charge in [-0.1, -0.05) is 12.6 Å². The summed E-state index contributed by atoms with van der Waals surface area (Å²) < 4.78 is 18.2. The van der Waals surface area contributed by atoms with E-state index in [0.717, 1.165) is 0 Å². The number of carbonyl (C=O) groups excluding carboxylic acids is 1. The van der Waals surface area contributed by atoms with Crippen molar-refractivity contribution in [3.63, 3.8) is 0 Å². The van der Waals surface area contributed by atoms with E-state index in [1.165, 1.54) is 26.3 Å². The lowest BCUT2D eigenvalue weighted by Gasteiger charge is -2.08. The van der Waals surface area contributed by atoms with Crippen molar-refractivity contribution in [1.82, 2.24) is 5.32 Å². The van der Waals surface area contributed by atoms with Crippen molar-refractivity contribution in [2.45, 2.75) is 13.5 Å². The Bertz CT molecular complexity index is 636. The number of carbonyl (C=O) groups is 1. The standard InChI is InChI=1S/C16H20FN3O2/c1-10(11(2)18)7-14(19-3)16(21)20-9-12-5-6-13(17)15(8-12)22-4/h5-8H,2,9,18H2,1,3-4H3,(H,20,21)/b10-7+,19-14?. The first-order chi connectivity index (χ1) is 10.4. The Kier molecular flexibility index (Phi) is 6.31. The van der Waals surface area contributed by atoms with Crippen LogP contribution in [0.15, 0.2) is 47.1 Å². The van der Waals surface area contributed by atoms with Crippen LogP contribution in [0, 0.1) is 5.82 Å². The van der Waals surface area contributed by atoms with Gasteiger partial charge in [0, 0.05) is 19.3 Å². The predicted octanol–water partition coefficient (Wildman–Crippen LogP) is 1.94. The molecule has 6 heteroatoms. The van der Waals surface area contributed by atoms with Gasteiger partial charge in [-0.15, -0.1) is 0 Å². The Balaban J connectivity index is 2.77. The molecule has 0 fully saturated rings. The highest BCUT2D eigenvalue weighted by molar-refractivity contribution is 6.43. The van der Waals surface area contributed by atoms with Crippen LogP contribution in [0.1, 0.15) is 12.5 Å². The Morgan fingerprint density at radius 3 is 2.77 bits per heavy atom. The molecule has 3 N–H and O–H groups in total. The van der Waals surface area contributed by atoms with Crippen molar-refractivity contribution in [2.75, 3.05) is 14.2 Å². The molecule has 0 aromatic heterocycles. The topological polar surface area (TPSA) is 76.7 Å². The number of methoxy groups -OCH3 is 1. The lowest BCUT2D eigenvalue weighted by atomic mass is 10.1. The van der Waals surface area contributed by atoms with Gasteiger partial charge in [-0.05, 0) is 36.3 Å². The van der Waals surface area contributed by atoms with Gasteiger partial charge >= 0.3 is 0 Å². The van der Waals surface area contributed by atoms with Gasteiger partial charge in [-0.3, -0.25) is 9.79 Å². The molecule has 22 heavy (non-hydrogen) atoms. The lowest BCUT2D eigenvalue weighted by Crippen LogP contribution is -2.30. The maximum Gasteiger partial charge on any atom is 0.269 e. The summed E-state index contributed by atoms with van der Waals surface area (Å²) in [5.74, 6) is -0.675. The molecule has 0 spiro atoms. The fraction of sp³-hybridized carbons (Fsp3) is 0.250. The Labute approximate surface area is 129 Å². The Hall–Kier alpha value is -2.63. The van der Waals surface area contributed by atoms with E-state index < -0.39 is 5.82 Å². The molecule has 118 valence electrons. The van der Waals surface area contributed by atoms with Crippen molar-refractivity contribution < 1.29 is 13.9 Å². The second kappa shape index (κ2) is 7.97. The second-order valence-electron chi connectivity index (χ2n) is 4.61. The van der Waals surface area contributed by atoms with E-state index in [2.05, 4.69) is 16.9 Å². The third-order valence-corrected chi connectivity index (χ3v) is 3.00. The molecular formula is C16H20FN3O2. The number of hydrogen-bond acceptors (Lipinski definition) is 4. The Morgan fingerprint density at radius 1 is 1.55 bits per heavy atom. The van der Waals surface area contributed by atoms with Crippen LogP contribution in [-0.2, 0) is 11.3 Å². The molecule has 0 bridgehead atoms. The van der Waals surface area contributed by atoms with E-state index in [-0.39, 0.29) is 23.9 Å². The van der Waals surface area contributed by atoms with Crippen LogP contribution < -0.4 is 15.8 Å². The fourth-order valence-corrected chi connectivity index (χ4v) is 1.62. The van der Waals surface area contributed by atoms with Gasteiger partial charge in [0.2, 0.25) is 0 Å². The summed E-state index contributed by atoms with van der Waals surface area (Å²) >= 11 is 0. The predicted molar refractivity (Wildman–Crippen MR) is 85.2 cm³/mol. The van der Waals surface area contributed by atoms with Crippen molar-refractivity contribution in [3.05, 3.63) is 53.5 Å². The van der Waals surface area contributed by atoms with Crippen molar-refractivity contribution >= 4 is 11.6 Å². The summed E-state index contributed by atoms with van der Waals surface area (Å²) in [6, 6.07) is 4.39. The molecule has 0 heterocycles. The summed E-state index contributed by atoms with van der Waals surface area (Å²) in [6.07, 6.45) is 1.56. The first kappa shape index (κ1) is 17.4. The van der Waals surface area contributed by atoms with Crippen LogP contribution >= 0.6 is 0 Å². The summed E-state index contributed by atoms with van der Waals surface area (Å²) in [5, 5.41) is 2.70. The monoisotopic (exact) mass is 305 g/mol. The van der Waals surface area contributed by atoms with E-state index in [9.17, 15) is 9.18 Å². The maximum atomic E-state index is 13.3. The van der Waals surface area contributed by atoms with E-state index in [4.69, 9.17) is 10.5 Å². The number of nitrogens with two attached hydrogens (primary N) is 1. The molecule has 0 saturated heterocycles. The maximum absolute atomic E-state index is 13.3. The van der Waals surface area contributed by atoms with Crippen LogP contribution in [0.4, 0.5) is 4.39 Å². The molecule has 1 aromatic rings. The average Bonchev–Trinajstić information content (AvgIpc) is 2.50. The number of nitrogens with one attached hydrogen (secondary N) is 1. The summed E-state index contributed by atoms with van der Waals surface area (Å²) in [6.45, 7) is 5.56. The third-order valence-electron chi connectivity index (χ3n) is 3.00. The molecule has 0 unspecified atom stereocenters. The lowest BCUT2D eigenvalue weighted by molar-refractivity contribution is -0.114. The zero-order valence-electron chi connectivity index (χ0n) is 12.9. The van der Waals surface area contributed by atoms with E-state index in [1.807, 2.05) is 0 Å². The van der Waals surface area contributed by atoms with Crippen molar-refractivity contribution in [1.29, 1.82) is 0 Å². The largest absolute Gasteiger partial charge is 0.494 e. The van der Waals surface area contributed by atoms with Gasteiger partial charge in [0.05, 0.1) is 7.11 Å².